The summed E-state index contributed by atoms with van der Waals surface area (Å²) in [6.45, 7) is 1.76. The largest absolute Gasteiger partial charge is 0.348 e. The van der Waals surface area contributed by atoms with Gasteiger partial charge in [-0.1, -0.05) is 49.4 Å². The summed E-state index contributed by atoms with van der Waals surface area (Å²) in [5.41, 5.74) is 3.86. The third-order valence-corrected chi connectivity index (χ3v) is 6.16. The van der Waals surface area contributed by atoms with E-state index in [-0.39, 0.29) is 18.5 Å². The van der Waals surface area contributed by atoms with Gasteiger partial charge in [-0.15, -0.1) is 0 Å². The highest BCUT2D eigenvalue weighted by Crippen LogP contribution is 2.29. The van der Waals surface area contributed by atoms with Crippen molar-refractivity contribution in [2.75, 3.05) is 17.1 Å². The minimum absolute atomic E-state index is 0.0646. The fourth-order valence-electron chi connectivity index (χ4n) is 3.71. The van der Waals surface area contributed by atoms with Crippen molar-refractivity contribution >= 4 is 21.6 Å². The monoisotopic (exact) mass is 386 g/mol. The standard InChI is InChI=1S/C21H26N2O3S/c1-3-16-9-5-7-14-20(16)23(27(2,25)26)15-21(24)22-19-13-8-11-17-10-4-6-12-18(17)19/h4-7,9-10,12,14,19H,3,8,11,13,15H2,1-2H3,(H,22,24)/t19-/m0/s1. The molecule has 1 amide bonds. The molecule has 1 atom stereocenters. The van der Waals surface area contributed by atoms with Crippen LogP contribution in [0.25, 0.3) is 0 Å². The number of para-hydroxylation sites is 1. The molecule has 0 heterocycles. The first kappa shape index (κ1) is 19.4. The molecule has 0 fully saturated rings. The average molecular weight is 387 g/mol. The molecule has 1 N–H and O–H groups in total. The molecule has 0 aromatic heterocycles. The van der Waals surface area contributed by atoms with Gasteiger partial charge in [0.2, 0.25) is 15.9 Å². The van der Waals surface area contributed by atoms with Gasteiger partial charge in [-0.2, -0.15) is 0 Å². The van der Waals surface area contributed by atoms with Crippen LogP contribution < -0.4 is 9.62 Å². The minimum atomic E-state index is -3.57. The molecule has 3 rings (SSSR count). The van der Waals surface area contributed by atoms with Crippen LogP contribution in [0.15, 0.2) is 48.5 Å². The highest BCUT2D eigenvalue weighted by Gasteiger charge is 2.26. The summed E-state index contributed by atoms with van der Waals surface area (Å²) in [6.07, 6.45) is 4.73. The average Bonchev–Trinajstić information content (AvgIpc) is 2.65. The number of benzene rings is 2. The SMILES string of the molecule is CCc1ccccc1N(CC(=O)N[C@H]1CCCc2ccccc21)S(C)(=O)=O. The number of fused-ring (bicyclic) bond motifs is 1. The van der Waals surface area contributed by atoms with E-state index in [0.29, 0.717) is 12.1 Å². The Bertz CT molecular complexity index is 925. The molecule has 0 saturated heterocycles. The summed E-state index contributed by atoms with van der Waals surface area (Å²) < 4.78 is 25.9. The Balaban J connectivity index is 1.81. The number of sulfonamides is 1. The normalized spacial score (nSPS) is 16.4. The Kier molecular flexibility index (Phi) is 5.85. The van der Waals surface area contributed by atoms with Gasteiger partial charge in [-0.05, 0) is 48.4 Å². The van der Waals surface area contributed by atoms with Crippen LogP contribution in [0, 0.1) is 0 Å². The molecule has 0 unspecified atom stereocenters. The van der Waals surface area contributed by atoms with Crippen LogP contribution in [0.5, 0.6) is 0 Å². The molecule has 2 aromatic rings. The van der Waals surface area contributed by atoms with E-state index < -0.39 is 10.0 Å². The van der Waals surface area contributed by atoms with Crippen LogP contribution in [-0.4, -0.2) is 27.1 Å². The molecule has 0 bridgehead atoms. The highest BCUT2D eigenvalue weighted by atomic mass is 32.2. The molecule has 6 heteroatoms. The number of rotatable bonds is 6. The van der Waals surface area contributed by atoms with E-state index in [1.54, 1.807) is 12.1 Å². The molecule has 2 aromatic carbocycles. The van der Waals surface area contributed by atoms with Crippen LogP contribution in [0.4, 0.5) is 5.69 Å². The van der Waals surface area contributed by atoms with Crippen LogP contribution in [-0.2, 0) is 27.7 Å². The van der Waals surface area contributed by atoms with E-state index in [1.807, 2.05) is 37.3 Å². The number of nitrogens with one attached hydrogen (secondary N) is 1. The van der Waals surface area contributed by atoms with Crippen molar-refractivity contribution in [3.8, 4) is 0 Å². The Morgan fingerprint density at radius 2 is 1.85 bits per heavy atom. The van der Waals surface area contributed by atoms with Crippen LogP contribution >= 0.6 is 0 Å². The number of carbonyl (C=O) groups is 1. The van der Waals surface area contributed by atoms with Gasteiger partial charge in [-0.25, -0.2) is 8.42 Å². The third-order valence-electron chi connectivity index (χ3n) is 5.03. The number of anilines is 1. The Labute approximate surface area is 161 Å². The second kappa shape index (κ2) is 8.13. The molecule has 1 aliphatic carbocycles. The van der Waals surface area contributed by atoms with Gasteiger partial charge in [0.1, 0.15) is 6.54 Å². The smallest absolute Gasteiger partial charge is 0.241 e. The van der Waals surface area contributed by atoms with Crippen molar-refractivity contribution in [1.29, 1.82) is 0 Å². The van der Waals surface area contributed by atoms with Crippen molar-refractivity contribution in [1.82, 2.24) is 5.32 Å². The fraction of sp³-hybridized carbons (Fsp3) is 0.381. The summed E-state index contributed by atoms with van der Waals surface area (Å²) in [5, 5.41) is 3.04. The van der Waals surface area contributed by atoms with Crippen molar-refractivity contribution < 1.29 is 13.2 Å². The van der Waals surface area contributed by atoms with Gasteiger partial charge in [0.05, 0.1) is 18.0 Å². The summed E-state index contributed by atoms with van der Waals surface area (Å²) in [5.74, 6) is -0.284. The second-order valence-corrected chi connectivity index (χ2v) is 8.87. The van der Waals surface area contributed by atoms with Crippen LogP contribution in [0.1, 0.15) is 42.5 Å². The summed E-state index contributed by atoms with van der Waals surface area (Å²) in [4.78, 5) is 12.7. The van der Waals surface area contributed by atoms with E-state index in [4.69, 9.17) is 0 Å². The zero-order chi connectivity index (χ0) is 19.4. The number of hydrogen-bond acceptors (Lipinski definition) is 3. The van der Waals surface area contributed by atoms with Gasteiger partial charge < -0.3 is 5.32 Å². The first-order valence-corrected chi connectivity index (χ1v) is 11.2. The van der Waals surface area contributed by atoms with Crippen molar-refractivity contribution in [3.63, 3.8) is 0 Å². The molecule has 0 saturated carbocycles. The molecule has 0 spiro atoms. The molecular formula is C21H26N2O3S. The molecule has 27 heavy (non-hydrogen) atoms. The number of carbonyl (C=O) groups excluding carboxylic acids is 1. The lowest BCUT2D eigenvalue weighted by Crippen LogP contribution is -2.42. The lowest BCUT2D eigenvalue weighted by molar-refractivity contribution is -0.120. The number of nitrogens with zero attached hydrogens (tertiary/aromatic N) is 1. The fourth-order valence-corrected chi connectivity index (χ4v) is 4.60. The van der Waals surface area contributed by atoms with E-state index in [0.717, 1.165) is 36.6 Å². The lowest BCUT2D eigenvalue weighted by atomic mass is 9.88. The van der Waals surface area contributed by atoms with Gasteiger partial charge >= 0.3 is 0 Å². The topological polar surface area (TPSA) is 66.5 Å². The lowest BCUT2D eigenvalue weighted by Gasteiger charge is -2.28. The highest BCUT2D eigenvalue weighted by molar-refractivity contribution is 7.92. The van der Waals surface area contributed by atoms with Crippen molar-refractivity contribution in [2.24, 2.45) is 0 Å². The Hall–Kier alpha value is -2.34. The number of aryl methyl sites for hydroxylation is 2. The maximum atomic E-state index is 12.7. The molecular weight excluding hydrogens is 360 g/mol. The summed E-state index contributed by atoms with van der Waals surface area (Å²) in [6, 6.07) is 15.4. The van der Waals surface area contributed by atoms with Crippen LogP contribution in [0.2, 0.25) is 0 Å². The van der Waals surface area contributed by atoms with E-state index in [9.17, 15) is 13.2 Å². The second-order valence-electron chi connectivity index (χ2n) is 6.96. The van der Waals surface area contributed by atoms with E-state index >= 15 is 0 Å². The molecule has 1 aliphatic rings. The maximum Gasteiger partial charge on any atom is 0.241 e. The van der Waals surface area contributed by atoms with Crippen molar-refractivity contribution in [3.05, 3.63) is 65.2 Å². The van der Waals surface area contributed by atoms with Gasteiger partial charge in [0.15, 0.2) is 0 Å². The third kappa shape index (κ3) is 4.50. The van der Waals surface area contributed by atoms with Gasteiger partial charge in [0.25, 0.3) is 0 Å². The zero-order valence-corrected chi connectivity index (χ0v) is 16.6. The van der Waals surface area contributed by atoms with Gasteiger partial charge in [0, 0.05) is 0 Å². The predicted octanol–water partition coefficient (Wildman–Crippen LogP) is 3.21. The molecule has 0 aliphatic heterocycles. The first-order chi connectivity index (χ1) is 12.9. The Morgan fingerprint density at radius 1 is 1.15 bits per heavy atom. The van der Waals surface area contributed by atoms with Gasteiger partial charge in [-0.3, -0.25) is 9.10 Å². The minimum Gasteiger partial charge on any atom is -0.348 e. The number of hydrogen-bond donors (Lipinski definition) is 1. The predicted molar refractivity (Wildman–Crippen MR) is 108 cm³/mol. The Morgan fingerprint density at radius 3 is 2.59 bits per heavy atom. The van der Waals surface area contributed by atoms with E-state index in [2.05, 4.69) is 11.4 Å². The molecule has 144 valence electrons. The molecule has 5 nitrogen and oxygen atoms in total. The maximum absolute atomic E-state index is 12.7. The van der Waals surface area contributed by atoms with Crippen molar-refractivity contribution in [2.45, 2.75) is 38.6 Å². The zero-order valence-electron chi connectivity index (χ0n) is 15.8. The first-order valence-electron chi connectivity index (χ1n) is 9.33. The quantitative estimate of drug-likeness (QED) is 0.829. The molecule has 0 radical (unpaired) electrons. The van der Waals surface area contributed by atoms with Crippen LogP contribution in [0.3, 0.4) is 0 Å². The summed E-state index contributed by atoms with van der Waals surface area (Å²) >= 11 is 0. The summed E-state index contributed by atoms with van der Waals surface area (Å²) in [7, 11) is -3.57. The number of amides is 1. The van der Waals surface area contributed by atoms with E-state index in [1.165, 1.54) is 9.87 Å².